The minimum absolute atomic E-state index is 0.130. The number of aryl methyl sites for hydroxylation is 1. The first-order chi connectivity index (χ1) is 16.9. The summed E-state index contributed by atoms with van der Waals surface area (Å²) in [5.41, 5.74) is 10.2. The number of benzene rings is 3. The Balaban J connectivity index is 1.49. The van der Waals surface area contributed by atoms with Gasteiger partial charge in [-0.05, 0) is 71.8 Å². The number of halogens is 2. The molecule has 1 spiro atoms. The molecule has 35 heavy (non-hydrogen) atoms. The third-order valence-corrected chi connectivity index (χ3v) is 8.00. The Morgan fingerprint density at radius 3 is 2.57 bits per heavy atom. The van der Waals surface area contributed by atoms with Gasteiger partial charge in [0.1, 0.15) is 11.9 Å². The van der Waals surface area contributed by atoms with Crippen molar-refractivity contribution in [2.75, 3.05) is 7.05 Å². The topological polar surface area (TPSA) is 67.9 Å². The first kappa shape index (κ1) is 22.4. The summed E-state index contributed by atoms with van der Waals surface area (Å²) in [6, 6.07) is 19.8. The van der Waals surface area contributed by atoms with Crippen molar-refractivity contribution in [2.45, 2.75) is 43.2 Å². The van der Waals surface area contributed by atoms with Gasteiger partial charge >= 0.3 is 0 Å². The Kier molecular flexibility index (Phi) is 5.31. The van der Waals surface area contributed by atoms with Gasteiger partial charge in [-0.25, -0.2) is 4.99 Å². The zero-order valence-electron chi connectivity index (χ0n) is 19.3. The lowest BCUT2D eigenvalue weighted by molar-refractivity contribution is -0.132. The molecule has 3 aliphatic rings. The Hall–Kier alpha value is -3.02. The minimum Gasteiger partial charge on any atom is -0.489 e. The summed E-state index contributed by atoms with van der Waals surface area (Å²) in [5, 5.41) is 1.09. The molecule has 2 heterocycles. The van der Waals surface area contributed by atoms with Gasteiger partial charge in [0.2, 0.25) is 0 Å². The molecule has 2 N–H and O–H groups in total. The van der Waals surface area contributed by atoms with Gasteiger partial charge < -0.3 is 10.5 Å². The van der Waals surface area contributed by atoms with Crippen LogP contribution in [0.3, 0.4) is 0 Å². The molecule has 3 atom stereocenters. The van der Waals surface area contributed by atoms with E-state index in [0.717, 1.165) is 36.0 Å². The Morgan fingerprint density at radius 1 is 1.06 bits per heavy atom. The van der Waals surface area contributed by atoms with E-state index < -0.39 is 5.54 Å². The fraction of sp³-hybridized carbons (Fsp3) is 0.286. The van der Waals surface area contributed by atoms with E-state index in [9.17, 15) is 4.79 Å². The maximum atomic E-state index is 13.7. The molecule has 0 saturated carbocycles. The van der Waals surface area contributed by atoms with E-state index in [2.05, 4.69) is 24.3 Å². The summed E-state index contributed by atoms with van der Waals surface area (Å²) >= 11 is 12.5. The largest absolute Gasteiger partial charge is 0.489 e. The summed E-state index contributed by atoms with van der Waals surface area (Å²) < 4.78 is 6.64. The quantitative estimate of drug-likeness (QED) is 0.470. The van der Waals surface area contributed by atoms with E-state index in [4.69, 9.17) is 38.7 Å². The van der Waals surface area contributed by atoms with Crippen molar-refractivity contribution in [3.63, 3.8) is 0 Å². The third kappa shape index (κ3) is 3.60. The van der Waals surface area contributed by atoms with E-state index in [1.807, 2.05) is 30.3 Å². The standard InChI is InChI=1S/C28H25Cl2N3O2/c1-33-26(34)28(32-27(33)31)15-25(22-8-4-6-16-5-2-3-7-21(16)22)35-24-10-9-17(13-23(24)28)18-11-19(29)14-20(30)12-18/h2-3,5,7,9-14,22,25H,4,6,8,15H2,1H3,(H2,31,32). The fourth-order valence-corrected chi connectivity index (χ4v) is 6.40. The number of hydrogen-bond donors (Lipinski definition) is 1. The number of nitrogens with two attached hydrogens (primary N) is 1. The summed E-state index contributed by atoms with van der Waals surface area (Å²) in [4.78, 5) is 20.0. The van der Waals surface area contributed by atoms with Gasteiger partial charge in [-0.3, -0.25) is 9.69 Å². The molecular weight excluding hydrogens is 481 g/mol. The molecule has 0 aromatic heterocycles. The molecule has 3 aromatic rings. The van der Waals surface area contributed by atoms with Gasteiger partial charge in [-0.15, -0.1) is 0 Å². The average Bonchev–Trinajstić information content (AvgIpc) is 3.06. The highest BCUT2D eigenvalue weighted by atomic mass is 35.5. The highest BCUT2D eigenvalue weighted by Gasteiger charge is 2.55. The van der Waals surface area contributed by atoms with Crippen molar-refractivity contribution in [3.05, 3.63) is 87.4 Å². The molecule has 6 rings (SSSR count). The van der Waals surface area contributed by atoms with Crippen LogP contribution in [0.15, 0.2) is 65.7 Å². The molecule has 0 bridgehead atoms. The molecule has 0 saturated heterocycles. The Bertz CT molecular complexity index is 1370. The molecule has 1 amide bonds. The van der Waals surface area contributed by atoms with E-state index in [1.165, 1.54) is 16.0 Å². The highest BCUT2D eigenvalue weighted by molar-refractivity contribution is 6.35. The molecule has 178 valence electrons. The molecule has 1 aliphatic carbocycles. The minimum atomic E-state index is -1.12. The second kappa shape index (κ2) is 8.28. The van der Waals surface area contributed by atoms with Crippen molar-refractivity contribution in [1.82, 2.24) is 4.90 Å². The Morgan fingerprint density at radius 2 is 1.83 bits per heavy atom. The number of fused-ring (bicyclic) bond motifs is 3. The molecule has 7 heteroatoms. The van der Waals surface area contributed by atoms with Crippen LogP contribution in [0.2, 0.25) is 10.0 Å². The molecule has 0 fully saturated rings. The van der Waals surface area contributed by atoms with Crippen LogP contribution in [0.25, 0.3) is 11.1 Å². The highest BCUT2D eigenvalue weighted by Crippen LogP contribution is 2.51. The lowest BCUT2D eigenvalue weighted by Crippen LogP contribution is -2.47. The van der Waals surface area contributed by atoms with Gasteiger partial charge in [0.15, 0.2) is 11.5 Å². The molecule has 2 aliphatic heterocycles. The molecule has 0 radical (unpaired) electrons. The van der Waals surface area contributed by atoms with E-state index in [0.29, 0.717) is 22.2 Å². The Labute approximate surface area is 214 Å². The van der Waals surface area contributed by atoms with Crippen LogP contribution in [-0.2, 0) is 16.8 Å². The lowest BCUT2D eigenvalue weighted by Gasteiger charge is -2.41. The number of hydrogen-bond acceptors (Lipinski definition) is 4. The summed E-state index contributed by atoms with van der Waals surface area (Å²) in [6.45, 7) is 0. The van der Waals surface area contributed by atoms with Crippen LogP contribution in [0.1, 0.15) is 41.9 Å². The van der Waals surface area contributed by atoms with Gasteiger partial charge in [0.25, 0.3) is 5.91 Å². The summed E-state index contributed by atoms with van der Waals surface area (Å²) in [6.07, 6.45) is 3.41. The number of carbonyl (C=O) groups excluding carboxylic acids is 1. The maximum absolute atomic E-state index is 13.7. The van der Waals surface area contributed by atoms with Crippen LogP contribution in [0.5, 0.6) is 5.75 Å². The number of ether oxygens (including phenoxy) is 1. The zero-order valence-corrected chi connectivity index (χ0v) is 20.8. The van der Waals surface area contributed by atoms with Gasteiger partial charge in [0, 0.05) is 35.0 Å². The lowest BCUT2D eigenvalue weighted by atomic mass is 9.73. The van der Waals surface area contributed by atoms with E-state index >= 15 is 0 Å². The monoisotopic (exact) mass is 505 g/mol. The SMILES string of the molecule is CN1C(=O)C2(CC(C3CCCc4ccccc43)Oc3ccc(-c4cc(Cl)cc(Cl)c4)cc32)N=C1N. The van der Waals surface area contributed by atoms with E-state index in [1.54, 1.807) is 13.1 Å². The summed E-state index contributed by atoms with van der Waals surface area (Å²) in [7, 11) is 1.68. The fourth-order valence-electron chi connectivity index (χ4n) is 5.87. The van der Waals surface area contributed by atoms with Crippen LogP contribution in [0, 0.1) is 0 Å². The van der Waals surface area contributed by atoms with Crippen molar-refractivity contribution in [2.24, 2.45) is 10.7 Å². The summed E-state index contributed by atoms with van der Waals surface area (Å²) in [5.74, 6) is 0.949. The molecule has 5 nitrogen and oxygen atoms in total. The predicted molar refractivity (Wildman–Crippen MR) is 139 cm³/mol. The zero-order chi connectivity index (χ0) is 24.3. The first-order valence-electron chi connectivity index (χ1n) is 11.8. The van der Waals surface area contributed by atoms with Gasteiger partial charge in [0.05, 0.1) is 0 Å². The molecule has 3 aromatic carbocycles. The smallest absolute Gasteiger partial charge is 0.261 e. The molecular formula is C28H25Cl2N3O2. The predicted octanol–water partition coefficient (Wildman–Crippen LogP) is 5.91. The van der Waals surface area contributed by atoms with Crippen LogP contribution < -0.4 is 10.5 Å². The average molecular weight is 506 g/mol. The van der Waals surface area contributed by atoms with Crippen molar-refractivity contribution in [1.29, 1.82) is 0 Å². The number of rotatable bonds is 2. The van der Waals surface area contributed by atoms with E-state index in [-0.39, 0.29) is 23.9 Å². The number of aliphatic imine (C=N–C) groups is 1. The van der Waals surface area contributed by atoms with Gasteiger partial charge in [-0.1, -0.05) is 53.5 Å². The van der Waals surface area contributed by atoms with Crippen LogP contribution >= 0.6 is 23.2 Å². The van der Waals surface area contributed by atoms with Crippen LogP contribution in [0.4, 0.5) is 0 Å². The van der Waals surface area contributed by atoms with Gasteiger partial charge in [-0.2, -0.15) is 0 Å². The van der Waals surface area contributed by atoms with Crippen molar-refractivity contribution >= 4 is 35.1 Å². The number of likely N-dealkylation sites (N-methyl/N-ethyl adjacent to an activating group) is 1. The maximum Gasteiger partial charge on any atom is 0.261 e. The normalized spacial score (nSPS) is 25.2. The van der Waals surface area contributed by atoms with Crippen molar-refractivity contribution in [3.8, 4) is 16.9 Å². The van der Waals surface area contributed by atoms with Crippen molar-refractivity contribution < 1.29 is 9.53 Å². The number of carbonyl (C=O) groups is 1. The third-order valence-electron chi connectivity index (χ3n) is 7.57. The number of nitrogens with zero attached hydrogens (tertiary/aromatic N) is 2. The second-order valence-corrected chi connectivity index (χ2v) is 10.5. The number of guanidine groups is 1. The molecule has 3 unspecified atom stereocenters. The first-order valence-corrected chi connectivity index (χ1v) is 12.6. The second-order valence-electron chi connectivity index (χ2n) is 9.62. The number of amides is 1. The van der Waals surface area contributed by atoms with Crippen LogP contribution in [-0.4, -0.2) is 29.9 Å².